The molecule has 7 nitrogen and oxygen atoms in total. The lowest BCUT2D eigenvalue weighted by atomic mass is 9.99. The first-order chi connectivity index (χ1) is 17.3. The van der Waals surface area contributed by atoms with E-state index >= 15 is 0 Å². The summed E-state index contributed by atoms with van der Waals surface area (Å²) < 4.78 is 23.6. The predicted octanol–water partition coefficient (Wildman–Crippen LogP) is 5.14. The molecule has 0 aliphatic carbocycles. The van der Waals surface area contributed by atoms with Crippen LogP contribution in [0.1, 0.15) is 39.6 Å². The van der Waals surface area contributed by atoms with Crippen molar-refractivity contribution in [2.75, 3.05) is 6.26 Å². The van der Waals surface area contributed by atoms with Gasteiger partial charge in [0.2, 0.25) is 0 Å². The Bertz CT molecular complexity index is 1390. The fraction of sp³-hybridized carbons (Fsp3) is 0.231. The number of carboxylic acids is 1. The van der Waals surface area contributed by atoms with Crippen LogP contribution in [-0.4, -0.2) is 42.8 Å². The number of sulfone groups is 1. The Labute approximate surface area is 229 Å². The largest absolute Gasteiger partial charge is 0.480 e. The molecule has 196 valence electrons. The molecule has 2 atom stereocenters. The summed E-state index contributed by atoms with van der Waals surface area (Å²) in [7, 11) is -3.49. The molecule has 1 amide bonds. The minimum absolute atomic E-state index is 0.0387. The lowest BCUT2D eigenvalue weighted by molar-refractivity contribution is -0.139. The molecule has 3 N–H and O–H groups in total. The highest BCUT2D eigenvalue weighted by Crippen LogP contribution is 2.31. The van der Waals surface area contributed by atoms with Gasteiger partial charge >= 0.3 is 5.97 Å². The van der Waals surface area contributed by atoms with Crippen LogP contribution in [0, 0.1) is 0 Å². The molecule has 0 saturated carbocycles. The third-order valence-electron chi connectivity index (χ3n) is 5.67. The highest BCUT2D eigenvalue weighted by Gasteiger charge is 2.25. The number of carbonyl (C=O) groups excluding carboxylic acids is 1. The Morgan fingerprint density at radius 1 is 0.946 bits per heavy atom. The van der Waals surface area contributed by atoms with Crippen molar-refractivity contribution in [3.63, 3.8) is 0 Å². The maximum absolute atomic E-state index is 12.9. The van der Waals surface area contributed by atoms with E-state index < -0.39 is 33.9 Å². The number of aliphatic hydroxyl groups is 1. The summed E-state index contributed by atoms with van der Waals surface area (Å²) in [4.78, 5) is 24.8. The van der Waals surface area contributed by atoms with Gasteiger partial charge < -0.3 is 15.5 Å². The second-order valence-corrected chi connectivity index (χ2v) is 11.8. The van der Waals surface area contributed by atoms with E-state index in [1.165, 1.54) is 30.3 Å². The minimum atomic E-state index is -3.49. The van der Waals surface area contributed by atoms with Crippen molar-refractivity contribution < 1.29 is 28.2 Å². The van der Waals surface area contributed by atoms with E-state index in [9.17, 15) is 28.2 Å². The second-order valence-electron chi connectivity index (χ2n) is 8.53. The number of carboxylic acid groups (broad SMARTS) is 1. The maximum Gasteiger partial charge on any atom is 0.326 e. The Balaban J connectivity index is 1.73. The number of halogens is 3. The summed E-state index contributed by atoms with van der Waals surface area (Å²) in [5.74, 6) is -2.14. The van der Waals surface area contributed by atoms with Gasteiger partial charge in [-0.2, -0.15) is 0 Å². The van der Waals surface area contributed by atoms with Gasteiger partial charge in [0.1, 0.15) is 6.04 Å². The summed E-state index contributed by atoms with van der Waals surface area (Å²) in [6.45, 7) is 0. The molecule has 11 heteroatoms. The quantitative estimate of drug-likeness (QED) is 0.303. The highest BCUT2D eigenvalue weighted by atomic mass is 35.5. The molecule has 0 aromatic heterocycles. The van der Waals surface area contributed by atoms with Crippen LogP contribution in [0.25, 0.3) is 0 Å². The number of aliphatic hydroxyl groups excluding tert-OH is 1. The Morgan fingerprint density at radius 2 is 1.57 bits per heavy atom. The van der Waals surface area contributed by atoms with Crippen molar-refractivity contribution in [1.29, 1.82) is 0 Å². The molecule has 0 bridgehead atoms. The van der Waals surface area contributed by atoms with Gasteiger partial charge in [-0.15, -0.1) is 0 Å². The molecule has 0 radical (unpaired) electrons. The second kappa shape index (κ2) is 12.3. The van der Waals surface area contributed by atoms with Gasteiger partial charge in [0.15, 0.2) is 9.84 Å². The highest BCUT2D eigenvalue weighted by molar-refractivity contribution is 7.90. The fourth-order valence-corrected chi connectivity index (χ4v) is 5.19. The molecule has 0 spiro atoms. The van der Waals surface area contributed by atoms with Gasteiger partial charge in [0.05, 0.1) is 26.6 Å². The number of rotatable bonds is 10. The zero-order chi connectivity index (χ0) is 27.3. The molecule has 0 saturated heterocycles. The average Bonchev–Trinajstić information content (AvgIpc) is 2.82. The first kappa shape index (κ1) is 28.9. The van der Waals surface area contributed by atoms with Crippen molar-refractivity contribution in [2.24, 2.45) is 0 Å². The van der Waals surface area contributed by atoms with E-state index in [0.29, 0.717) is 29.0 Å². The number of hydrogen-bond acceptors (Lipinski definition) is 5. The monoisotopic (exact) mass is 583 g/mol. The molecule has 2 unspecified atom stereocenters. The SMILES string of the molecule is CS(=O)(=O)c1cccc(CC(NC(=O)c2c(Cl)cc(C(O)CCc3ccc(Cl)cc3)cc2Cl)C(=O)O)c1. The Kier molecular flexibility index (Phi) is 9.61. The van der Waals surface area contributed by atoms with Crippen molar-refractivity contribution >= 4 is 56.5 Å². The van der Waals surface area contributed by atoms with Gasteiger partial charge in [-0.25, -0.2) is 13.2 Å². The lowest BCUT2D eigenvalue weighted by Crippen LogP contribution is -2.42. The summed E-state index contributed by atoms with van der Waals surface area (Å²) in [6, 6.07) is 14.5. The molecule has 0 aliphatic rings. The molecule has 0 heterocycles. The molecular formula is C26H24Cl3NO6S. The van der Waals surface area contributed by atoms with Crippen molar-refractivity contribution in [1.82, 2.24) is 5.32 Å². The minimum Gasteiger partial charge on any atom is -0.480 e. The van der Waals surface area contributed by atoms with E-state index in [-0.39, 0.29) is 26.9 Å². The summed E-state index contributed by atoms with van der Waals surface area (Å²) in [6.07, 6.45) is 0.910. The van der Waals surface area contributed by atoms with Crippen molar-refractivity contribution in [3.8, 4) is 0 Å². The summed E-state index contributed by atoms with van der Waals surface area (Å²) in [5.41, 5.74) is 1.67. The van der Waals surface area contributed by atoms with Gasteiger partial charge in [0, 0.05) is 17.7 Å². The Morgan fingerprint density at radius 3 is 2.14 bits per heavy atom. The molecular weight excluding hydrogens is 561 g/mol. The van der Waals surface area contributed by atoms with Gasteiger partial charge in [0.25, 0.3) is 5.91 Å². The zero-order valence-corrected chi connectivity index (χ0v) is 22.7. The Hall–Kier alpha value is -2.62. The fourth-order valence-electron chi connectivity index (χ4n) is 3.69. The third kappa shape index (κ3) is 7.93. The van der Waals surface area contributed by atoms with Crippen LogP contribution >= 0.6 is 34.8 Å². The third-order valence-corrected chi connectivity index (χ3v) is 7.62. The standard InChI is InChI=1S/C26H24Cl3NO6S/c1-37(35,36)19-4-2-3-16(11-19)12-22(26(33)34)30-25(32)24-20(28)13-17(14-21(24)29)23(31)10-7-15-5-8-18(27)9-6-15/h2-6,8-9,11,13-14,22-23,31H,7,10,12H2,1H3,(H,30,32)(H,33,34). The molecule has 3 rings (SSSR count). The summed E-state index contributed by atoms with van der Waals surface area (Å²) in [5, 5.41) is 23.2. The first-order valence-electron chi connectivity index (χ1n) is 11.1. The van der Waals surface area contributed by atoms with Crippen LogP contribution in [0.4, 0.5) is 0 Å². The van der Waals surface area contributed by atoms with E-state index in [2.05, 4.69) is 5.32 Å². The van der Waals surface area contributed by atoms with Crippen LogP contribution in [-0.2, 0) is 27.5 Å². The van der Waals surface area contributed by atoms with E-state index in [1.54, 1.807) is 18.2 Å². The average molecular weight is 585 g/mol. The van der Waals surface area contributed by atoms with E-state index in [1.807, 2.05) is 12.1 Å². The van der Waals surface area contributed by atoms with Crippen LogP contribution in [0.2, 0.25) is 15.1 Å². The van der Waals surface area contributed by atoms with E-state index in [4.69, 9.17) is 34.8 Å². The molecule has 37 heavy (non-hydrogen) atoms. The van der Waals surface area contributed by atoms with Crippen LogP contribution in [0.5, 0.6) is 0 Å². The van der Waals surface area contributed by atoms with Gasteiger partial charge in [-0.3, -0.25) is 4.79 Å². The predicted molar refractivity (Wildman–Crippen MR) is 143 cm³/mol. The van der Waals surface area contributed by atoms with Crippen molar-refractivity contribution in [2.45, 2.75) is 36.3 Å². The normalized spacial score (nSPS) is 13.1. The molecule has 3 aromatic rings. The number of carbonyl (C=O) groups is 2. The number of aryl methyl sites for hydroxylation is 1. The number of hydrogen-bond donors (Lipinski definition) is 3. The lowest BCUT2D eigenvalue weighted by Gasteiger charge is -2.18. The molecule has 0 aliphatic heterocycles. The summed E-state index contributed by atoms with van der Waals surface area (Å²) >= 11 is 18.5. The number of benzene rings is 3. The van der Waals surface area contributed by atoms with E-state index in [0.717, 1.165) is 11.8 Å². The van der Waals surface area contributed by atoms with Gasteiger partial charge in [-0.1, -0.05) is 59.1 Å². The van der Waals surface area contributed by atoms with Crippen LogP contribution in [0.15, 0.2) is 65.6 Å². The van der Waals surface area contributed by atoms with Crippen LogP contribution in [0.3, 0.4) is 0 Å². The molecule has 3 aromatic carbocycles. The van der Waals surface area contributed by atoms with Gasteiger partial charge in [-0.05, 0) is 65.9 Å². The molecule has 0 fully saturated rings. The number of aliphatic carboxylic acids is 1. The number of amides is 1. The number of nitrogens with one attached hydrogen (secondary N) is 1. The smallest absolute Gasteiger partial charge is 0.326 e. The van der Waals surface area contributed by atoms with Crippen molar-refractivity contribution in [3.05, 3.63) is 98.0 Å². The maximum atomic E-state index is 12.9. The topological polar surface area (TPSA) is 121 Å². The zero-order valence-electron chi connectivity index (χ0n) is 19.6. The first-order valence-corrected chi connectivity index (χ1v) is 14.1. The van der Waals surface area contributed by atoms with Crippen LogP contribution < -0.4 is 5.32 Å².